The summed E-state index contributed by atoms with van der Waals surface area (Å²) in [5, 5.41) is 0. The first-order valence-corrected chi connectivity index (χ1v) is 11.5. The van der Waals surface area contributed by atoms with Gasteiger partial charge in [0.05, 0.1) is 39.6 Å². The molecule has 0 aliphatic rings. The van der Waals surface area contributed by atoms with Crippen molar-refractivity contribution < 1.29 is 23.7 Å². The van der Waals surface area contributed by atoms with Crippen molar-refractivity contribution in [3.8, 4) is 0 Å². The smallest absolute Gasteiger partial charge is 0.160 e. The standard InChI is InChI=1S/C23H48O5/c1-7-10-20(4)18-21(5)19-22(6)23(27-16-14-25-11-8-2)28-17-15-26-13-12-24-9-3/h20-23H,7-19H2,1-6H3. The van der Waals surface area contributed by atoms with E-state index in [2.05, 4.69) is 34.6 Å². The van der Waals surface area contributed by atoms with Gasteiger partial charge in [-0.15, -0.1) is 0 Å². The van der Waals surface area contributed by atoms with Gasteiger partial charge in [-0.05, 0) is 38.0 Å². The van der Waals surface area contributed by atoms with Gasteiger partial charge in [-0.3, -0.25) is 0 Å². The fraction of sp³-hybridized carbons (Fsp3) is 1.00. The number of rotatable bonds is 21. The number of hydrogen-bond acceptors (Lipinski definition) is 5. The zero-order chi connectivity index (χ0) is 21.0. The van der Waals surface area contributed by atoms with Crippen molar-refractivity contribution in [2.75, 3.05) is 52.9 Å². The molecule has 0 aliphatic carbocycles. The molecule has 0 aromatic rings. The maximum absolute atomic E-state index is 6.03. The molecular formula is C23H48O5. The van der Waals surface area contributed by atoms with Crippen molar-refractivity contribution in [3.05, 3.63) is 0 Å². The summed E-state index contributed by atoms with van der Waals surface area (Å²) in [5.41, 5.74) is 0. The average molecular weight is 405 g/mol. The van der Waals surface area contributed by atoms with Crippen LogP contribution in [0.4, 0.5) is 0 Å². The maximum atomic E-state index is 6.03. The minimum Gasteiger partial charge on any atom is -0.379 e. The van der Waals surface area contributed by atoms with Gasteiger partial charge < -0.3 is 23.7 Å². The van der Waals surface area contributed by atoms with Crippen LogP contribution >= 0.6 is 0 Å². The SMILES string of the molecule is CCCOCCOC(OCCOCCOCC)C(C)CC(C)CC(C)CCC. The molecular weight excluding hydrogens is 356 g/mol. The van der Waals surface area contributed by atoms with Crippen LogP contribution in [0.25, 0.3) is 0 Å². The molecule has 170 valence electrons. The highest BCUT2D eigenvalue weighted by Crippen LogP contribution is 2.25. The number of ether oxygens (including phenoxy) is 5. The molecule has 0 saturated heterocycles. The van der Waals surface area contributed by atoms with E-state index in [9.17, 15) is 0 Å². The van der Waals surface area contributed by atoms with Gasteiger partial charge in [0.1, 0.15) is 0 Å². The Bertz CT molecular complexity index is 313. The van der Waals surface area contributed by atoms with Crippen LogP contribution in [-0.2, 0) is 23.7 Å². The fourth-order valence-corrected chi connectivity index (χ4v) is 3.57. The van der Waals surface area contributed by atoms with Gasteiger partial charge >= 0.3 is 0 Å². The molecule has 5 nitrogen and oxygen atoms in total. The Labute approximate surface area is 174 Å². The molecule has 0 heterocycles. The maximum Gasteiger partial charge on any atom is 0.160 e. The summed E-state index contributed by atoms with van der Waals surface area (Å²) in [6.07, 6.45) is 5.78. The summed E-state index contributed by atoms with van der Waals surface area (Å²) in [5.74, 6) is 1.80. The van der Waals surface area contributed by atoms with Gasteiger partial charge in [0.2, 0.25) is 0 Å². The largest absolute Gasteiger partial charge is 0.379 e. The summed E-state index contributed by atoms with van der Waals surface area (Å²) in [7, 11) is 0. The Morgan fingerprint density at radius 2 is 1.14 bits per heavy atom. The third kappa shape index (κ3) is 16.7. The van der Waals surface area contributed by atoms with E-state index >= 15 is 0 Å². The van der Waals surface area contributed by atoms with Gasteiger partial charge in [-0.2, -0.15) is 0 Å². The Kier molecular flexibility index (Phi) is 19.9. The van der Waals surface area contributed by atoms with Gasteiger partial charge in [0.25, 0.3) is 0 Å². The van der Waals surface area contributed by atoms with Crippen LogP contribution in [-0.4, -0.2) is 59.1 Å². The highest BCUT2D eigenvalue weighted by molar-refractivity contribution is 4.66. The van der Waals surface area contributed by atoms with Gasteiger partial charge in [0, 0.05) is 19.1 Å². The average Bonchev–Trinajstić information content (AvgIpc) is 2.65. The summed E-state index contributed by atoms with van der Waals surface area (Å²) >= 11 is 0. The first-order valence-electron chi connectivity index (χ1n) is 11.5. The third-order valence-electron chi connectivity index (χ3n) is 4.77. The predicted octanol–water partition coefficient (Wildman–Crippen LogP) is 5.31. The lowest BCUT2D eigenvalue weighted by Crippen LogP contribution is -2.30. The van der Waals surface area contributed by atoms with E-state index in [0.717, 1.165) is 32.0 Å². The van der Waals surface area contributed by atoms with Crippen molar-refractivity contribution in [2.45, 2.75) is 79.9 Å². The topological polar surface area (TPSA) is 46.2 Å². The van der Waals surface area contributed by atoms with Crippen molar-refractivity contribution in [2.24, 2.45) is 17.8 Å². The summed E-state index contributed by atoms with van der Waals surface area (Å²) < 4.78 is 28.4. The molecule has 28 heavy (non-hydrogen) atoms. The molecule has 0 amide bonds. The Morgan fingerprint density at radius 1 is 0.571 bits per heavy atom. The van der Waals surface area contributed by atoms with Crippen LogP contribution in [0.15, 0.2) is 0 Å². The van der Waals surface area contributed by atoms with E-state index in [1.54, 1.807) is 0 Å². The second kappa shape index (κ2) is 20.1. The highest BCUT2D eigenvalue weighted by atomic mass is 16.7. The normalized spacial score (nSPS) is 16.1. The Hall–Kier alpha value is -0.200. The minimum absolute atomic E-state index is 0.204. The molecule has 5 heteroatoms. The van der Waals surface area contributed by atoms with Crippen LogP contribution in [0.3, 0.4) is 0 Å². The lowest BCUT2D eigenvalue weighted by atomic mass is 9.87. The summed E-state index contributed by atoms with van der Waals surface area (Å²) in [6.45, 7) is 18.3. The van der Waals surface area contributed by atoms with E-state index in [1.807, 2.05) is 6.92 Å². The number of hydrogen-bond donors (Lipinski definition) is 0. The molecule has 0 N–H and O–H groups in total. The minimum atomic E-state index is -0.204. The van der Waals surface area contributed by atoms with Crippen LogP contribution in [0.2, 0.25) is 0 Å². The molecule has 0 aliphatic heterocycles. The molecule has 0 fully saturated rings. The van der Waals surface area contributed by atoms with Crippen LogP contribution < -0.4 is 0 Å². The molecule has 0 spiro atoms. The zero-order valence-electron chi connectivity index (χ0n) is 19.5. The fourth-order valence-electron chi connectivity index (χ4n) is 3.57. The molecule has 0 aromatic heterocycles. The predicted molar refractivity (Wildman–Crippen MR) is 116 cm³/mol. The van der Waals surface area contributed by atoms with E-state index in [0.29, 0.717) is 51.5 Å². The van der Waals surface area contributed by atoms with Crippen LogP contribution in [0.1, 0.15) is 73.6 Å². The van der Waals surface area contributed by atoms with Crippen molar-refractivity contribution >= 4 is 0 Å². The second-order valence-electron chi connectivity index (χ2n) is 7.98. The van der Waals surface area contributed by atoms with E-state index < -0.39 is 0 Å². The van der Waals surface area contributed by atoms with Crippen molar-refractivity contribution in [1.82, 2.24) is 0 Å². The second-order valence-corrected chi connectivity index (χ2v) is 7.98. The first-order chi connectivity index (χ1) is 13.5. The monoisotopic (exact) mass is 404 g/mol. The van der Waals surface area contributed by atoms with E-state index in [4.69, 9.17) is 23.7 Å². The third-order valence-corrected chi connectivity index (χ3v) is 4.77. The van der Waals surface area contributed by atoms with Crippen molar-refractivity contribution in [1.29, 1.82) is 0 Å². The highest BCUT2D eigenvalue weighted by Gasteiger charge is 2.22. The lowest BCUT2D eigenvalue weighted by Gasteiger charge is -2.27. The molecule has 0 rings (SSSR count). The molecule has 0 radical (unpaired) electrons. The zero-order valence-corrected chi connectivity index (χ0v) is 19.5. The lowest BCUT2D eigenvalue weighted by molar-refractivity contribution is -0.185. The molecule has 0 aromatic carbocycles. The van der Waals surface area contributed by atoms with Gasteiger partial charge in [-0.25, -0.2) is 0 Å². The summed E-state index contributed by atoms with van der Waals surface area (Å²) in [4.78, 5) is 0. The first kappa shape index (κ1) is 27.8. The molecule has 0 bridgehead atoms. The Balaban J connectivity index is 4.27. The quantitative estimate of drug-likeness (QED) is 0.191. The Morgan fingerprint density at radius 3 is 1.71 bits per heavy atom. The van der Waals surface area contributed by atoms with Crippen LogP contribution in [0.5, 0.6) is 0 Å². The van der Waals surface area contributed by atoms with Gasteiger partial charge in [-0.1, -0.05) is 47.5 Å². The van der Waals surface area contributed by atoms with E-state index in [-0.39, 0.29) is 6.29 Å². The van der Waals surface area contributed by atoms with E-state index in [1.165, 1.54) is 19.3 Å². The van der Waals surface area contributed by atoms with Gasteiger partial charge in [0.15, 0.2) is 6.29 Å². The van der Waals surface area contributed by atoms with Crippen LogP contribution in [0, 0.1) is 17.8 Å². The molecule has 0 saturated carbocycles. The summed E-state index contributed by atoms with van der Waals surface area (Å²) in [6, 6.07) is 0. The molecule has 4 atom stereocenters. The van der Waals surface area contributed by atoms with Crippen molar-refractivity contribution in [3.63, 3.8) is 0 Å². The molecule has 4 unspecified atom stereocenters.